The molecule has 0 aliphatic rings. The highest BCUT2D eigenvalue weighted by Gasteiger charge is 2.01. The van der Waals surface area contributed by atoms with Crippen molar-refractivity contribution >= 4 is 33.4 Å². The molecule has 0 aromatic heterocycles. The van der Waals surface area contributed by atoms with Gasteiger partial charge >= 0.3 is 0 Å². The van der Waals surface area contributed by atoms with Crippen molar-refractivity contribution in [1.29, 1.82) is 0 Å². The Hall–Kier alpha value is -1.33. The van der Waals surface area contributed by atoms with E-state index in [4.69, 9.17) is 15.2 Å². The molecule has 0 heterocycles. The van der Waals surface area contributed by atoms with E-state index in [1.807, 2.05) is 42.5 Å². The van der Waals surface area contributed by atoms with Crippen LogP contribution in [0.25, 0.3) is 0 Å². The first kappa shape index (κ1) is 15.1. The third kappa shape index (κ3) is 4.35. The van der Waals surface area contributed by atoms with Gasteiger partial charge in [-0.1, -0.05) is 0 Å². The molecule has 106 valence electrons. The minimum absolute atomic E-state index is 0.647. The van der Waals surface area contributed by atoms with Crippen LogP contribution in [0.3, 0.4) is 0 Å². The summed E-state index contributed by atoms with van der Waals surface area (Å²) in [4.78, 5) is 1.16. The molecule has 2 aromatic rings. The van der Waals surface area contributed by atoms with Crippen LogP contribution in [0.4, 0.5) is 5.69 Å². The Morgan fingerprint density at radius 3 is 2.45 bits per heavy atom. The van der Waals surface area contributed by atoms with Gasteiger partial charge in [-0.05, 0) is 58.4 Å². The summed E-state index contributed by atoms with van der Waals surface area (Å²) >= 11 is 5.23. The van der Waals surface area contributed by atoms with E-state index in [-0.39, 0.29) is 0 Å². The van der Waals surface area contributed by atoms with Gasteiger partial charge in [0.25, 0.3) is 0 Å². The van der Waals surface area contributed by atoms with E-state index in [9.17, 15) is 0 Å². The molecular weight excluding hydrogens is 338 g/mol. The van der Waals surface area contributed by atoms with Crippen LogP contribution in [0.15, 0.2) is 51.8 Å². The molecule has 20 heavy (non-hydrogen) atoms. The van der Waals surface area contributed by atoms with E-state index in [0.717, 1.165) is 32.3 Å². The number of thioether (sulfide) groups is 1. The first-order valence-corrected chi connectivity index (χ1v) is 7.91. The Morgan fingerprint density at radius 1 is 1.10 bits per heavy atom. The molecule has 2 rings (SSSR count). The first-order valence-electron chi connectivity index (χ1n) is 6.14. The standard InChI is InChI=1S/C15H16BrNO2S/c1-18-12-3-5-13(6-4-12)19-8-9-20-15-7-2-11(17)10-14(15)16/h2-7,10H,8-9,17H2,1H3. The van der Waals surface area contributed by atoms with Gasteiger partial charge < -0.3 is 15.2 Å². The van der Waals surface area contributed by atoms with Gasteiger partial charge in [0.05, 0.1) is 13.7 Å². The summed E-state index contributed by atoms with van der Waals surface area (Å²) in [5.41, 5.74) is 6.47. The Bertz CT molecular complexity index is 560. The summed E-state index contributed by atoms with van der Waals surface area (Å²) in [6.07, 6.45) is 0. The van der Waals surface area contributed by atoms with Crippen molar-refractivity contribution in [3.8, 4) is 11.5 Å². The van der Waals surface area contributed by atoms with Gasteiger partial charge in [0.1, 0.15) is 11.5 Å². The van der Waals surface area contributed by atoms with Crippen molar-refractivity contribution in [3.05, 3.63) is 46.9 Å². The van der Waals surface area contributed by atoms with Crippen LogP contribution in [0.1, 0.15) is 0 Å². The number of halogens is 1. The lowest BCUT2D eigenvalue weighted by molar-refractivity contribution is 0.342. The molecule has 0 spiro atoms. The van der Waals surface area contributed by atoms with Crippen molar-refractivity contribution in [3.63, 3.8) is 0 Å². The second kappa shape index (κ2) is 7.45. The second-order valence-corrected chi connectivity index (χ2v) is 6.05. The number of nitrogens with two attached hydrogens (primary N) is 1. The SMILES string of the molecule is COc1ccc(OCCSc2ccc(N)cc2Br)cc1. The second-order valence-electron chi connectivity index (χ2n) is 4.06. The van der Waals surface area contributed by atoms with E-state index in [2.05, 4.69) is 15.9 Å². The van der Waals surface area contributed by atoms with Gasteiger partial charge in [-0.25, -0.2) is 0 Å². The van der Waals surface area contributed by atoms with Crippen LogP contribution >= 0.6 is 27.7 Å². The van der Waals surface area contributed by atoms with E-state index in [1.54, 1.807) is 18.9 Å². The van der Waals surface area contributed by atoms with Crippen LogP contribution < -0.4 is 15.2 Å². The lowest BCUT2D eigenvalue weighted by Crippen LogP contribution is -2.00. The van der Waals surface area contributed by atoms with Crippen LogP contribution in [-0.2, 0) is 0 Å². The van der Waals surface area contributed by atoms with Crippen LogP contribution in [0.2, 0.25) is 0 Å². The molecule has 3 nitrogen and oxygen atoms in total. The molecule has 0 fully saturated rings. The molecule has 5 heteroatoms. The number of ether oxygens (including phenoxy) is 2. The number of hydrogen-bond acceptors (Lipinski definition) is 4. The maximum atomic E-state index is 5.71. The summed E-state index contributed by atoms with van der Waals surface area (Å²) < 4.78 is 11.8. The van der Waals surface area contributed by atoms with Crippen molar-refractivity contribution in [2.45, 2.75) is 4.90 Å². The molecule has 0 aliphatic carbocycles. The number of anilines is 1. The fourth-order valence-corrected chi connectivity index (χ4v) is 3.10. The zero-order valence-electron chi connectivity index (χ0n) is 11.1. The molecule has 0 aliphatic heterocycles. The topological polar surface area (TPSA) is 44.5 Å². The molecule has 0 atom stereocenters. The summed E-state index contributed by atoms with van der Waals surface area (Å²) in [7, 11) is 1.65. The van der Waals surface area contributed by atoms with Crippen LogP contribution in [0.5, 0.6) is 11.5 Å². The predicted octanol–water partition coefficient (Wildman–Crippen LogP) is 4.21. The summed E-state index contributed by atoms with van der Waals surface area (Å²) in [5.74, 6) is 2.55. The van der Waals surface area contributed by atoms with Gasteiger partial charge in [0.2, 0.25) is 0 Å². The molecule has 0 radical (unpaired) electrons. The number of hydrogen-bond donors (Lipinski definition) is 1. The average Bonchev–Trinajstić information content (AvgIpc) is 2.46. The smallest absolute Gasteiger partial charge is 0.119 e. The molecule has 2 aromatic carbocycles. The minimum atomic E-state index is 0.647. The zero-order valence-corrected chi connectivity index (χ0v) is 13.5. The summed E-state index contributed by atoms with van der Waals surface area (Å²) in [6.45, 7) is 0.647. The molecule has 0 saturated carbocycles. The third-order valence-electron chi connectivity index (χ3n) is 2.62. The Labute approximate surface area is 131 Å². The Balaban J connectivity index is 1.78. The van der Waals surface area contributed by atoms with Gasteiger partial charge in [0.15, 0.2) is 0 Å². The van der Waals surface area contributed by atoms with E-state index in [1.165, 1.54) is 0 Å². The highest BCUT2D eigenvalue weighted by Crippen LogP contribution is 2.29. The largest absolute Gasteiger partial charge is 0.497 e. The Kier molecular flexibility index (Phi) is 5.61. The average molecular weight is 354 g/mol. The number of nitrogen functional groups attached to an aromatic ring is 1. The molecule has 0 unspecified atom stereocenters. The highest BCUT2D eigenvalue weighted by molar-refractivity contribution is 9.10. The first-order chi connectivity index (χ1) is 9.69. The maximum absolute atomic E-state index is 5.71. The molecule has 0 bridgehead atoms. The third-order valence-corrected chi connectivity index (χ3v) is 4.58. The number of methoxy groups -OCH3 is 1. The van der Waals surface area contributed by atoms with E-state index in [0.29, 0.717) is 6.61 Å². The summed E-state index contributed by atoms with van der Waals surface area (Å²) in [5, 5.41) is 0. The van der Waals surface area contributed by atoms with Crippen LogP contribution in [-0.4, -0.2) is 19.5 Å². The monoisotopic (exact) mass is 353 g/mol. The van der Waals surface area contributed by atoms with Crippen molar-refractivity contribution in [1.82, 2.24) is 0 Å². The lowest BCUT2D eigenvalue weighted by atomic mass is 10.3. The quantitative estimate of drug-likeness (QED) is 0.479. The van der Waals surface area contributed by atoms with Gasteiger partial charge in [-0.2, -0.15) is 0 Å². The predicted molar refractivity (Wildman–Crippen MR) is 87.8 cm³/mol. The van der Waals surface area contributed by atoms with Gasteiger partial charge in [0, 0.05) is 20.8 Å². The van der Waals surface area contributed by atoms with Crippen molar-refractivity contribution in [2.24, 2.45) is 0 Å². The molecule has 0 saturated heterocycles. The lowest BCUT2D eigenvalue weighted by Gasteiger charge is -2.08. The minimum Gasteiger partial charge on any atom is -0.497 e. The summed E-state index contributed by atoms with van der Waals surface area (Å²) in [6, 6.07) is 13.4. The van der Waals surface area contributed by atoms with E-state index < -0.39 is 0 Å². The Morgan fingerprint density at radius 2 is 1.80 bits per heavy atom. The normalized spacial score (nSPS) is 10.3. The highest BCUT2D eigenvalue weighted by atomic mass is 79.9. The van der Waals surface area contributed by atoms with E-state index >= 15 is 0 Å². The molecule has 0 amide bonds. The molecular formula is C15H16BrNO2S. The van der Waals surface area contributed by atoms with Crippen molar-refractivity contribution in [2.75, 3.05) is 25.2 Å². The fourth-order valence-electron chi connectivity index (χ4n) is 1.62. The number of rotatable bonds is 6. The molecule has 2 N–H and O–H groups in total. The van der Waals surface area contributed by atoms with Gasteiger partial charge in [-0.3, -0.25) is 0 Å². The van der Waals surface area contributed by atoms with Crippen molar-refractivity contribution < 1.29 is 9.47 Å². The fraction of sp³-hybridized carbons (Fsp3) is 0.200. The maximum Gasteiger partial charge on any atom is 0.119 e. The van der Waals surface area contributed by atoms with Crippen LogP contribution in [0, 0.1) is 0 Å². The van der Waals surface area contributed by atoms with Gasteiger partial charge in [-0.15, -0.1) is 11.8 Å². The number of benzene rings is 2. The zero-order chi connectivity index (χ0) is 14.4.